The second kappa shape index (κ2) is 21.2. The Bertz CT molecular complexity index is 2490. The largest absolute Gasteiger partial charge is 0.337 e. The van der Waals surface area contributed by atoms with Crippen molar-refractivity contribution in [3.63, 3.8) is 0 Å². The Morgan fingerprint density at radius 1 is 0.746 bits per heavy atom. The van der Waals surface area contributed by atoms with Crippen molar-refractivity contribution in [1.29, 1.82) is 10.5 Å². The quantitative estimate of drug-likeness (QED) is 0.0561. The zero-order valence-corrected chi connectivity index (χ0v) is 34.8. The maximum atomic E-state index is 9.28. The van der Waals surface area contributed by atoms with Gasteiger partial charge in [0.05, 0.1) is 11.5 Å². The predicted octanol–water partition coefficient (Wildman–Crippen LogP) is 14.3. The molecule has 3 heteroatoms. The average Bonchev–Trinajstić information content (AvgIpc) is 3.57. The number of hydrogen-bond acceptors (Lipinski definition) is 3. The van der Waals surface area contributed by atoms with E-state index < -0.39 is 5.41 Å². The van der Waals surface area contributed by atoms with Gasteiger partial charge in [0.1, 0.15) is 0 Å². The summed E-state index contributed by atoms with van der Waals surface area (Å²) in [5.74, 6) is 0. The first-order valence-electron chi connectivity index (χ1n) is 19.7. The summed E-state index contributed by atoms with van der Waals surface area (Å²) in [5, 5.41) is 16.4. The Morgan fingerprint density at radius 3 is 1.78 bits per heavy atom. The summed E-state index contributed by atoms with van der Waals surface area (Å²) >= 11 is 0. The van der Waals surface area contributed by atoms with Crippen molar-refractivity contribution >= 4 is 28.9 Å². The Labute approximate surface area is 352 Å². The number of fused-ring (bicyclic) bond motifs is 1. The Balaban J connectivity index is 0.00000147. The van der Waals surface area contributed by atoms with E-state index in [2.05, 4.69) is 172 Å². The van der Waals surface area contributed by atoms with E-state index in [0.29, 0.717) is 5.57 Å². The highest BCUT2D eigenvalue weighted by Crippen LogP contribution is 2.57. The lowest BCUT2D eigenvalue weighted by Crippen LogP contribution is -2.29. The van der Waals surface area contributed by atoms with E-state index in [0.717, 1.165) is 78.8 Å². The highest BCUT2D eigenvalue weighted by Gasteiger charge is 2.47. The van der Waals surface area contributed by atoms with E-state index in [9.17, 15) is 5.26 Å². The van der Waals surface area contributed by atoms with Crippen molar-refractivity contribution in [2.45, 2.75) is 39.5 Å². The summed E-state index contributed by atoms with van der Waals surface area (Å²) < 4.78 is 0. The van der Waals surface area contributed by atoms with E-state index in [4.69, 9.17) is 5.26 Å². The molecule has 0 heterocycles. The van der Waals surface area contributed by atoms with Gasteiger partial charge in [-0.3, -0.25) is 0 Å². The highest BCUT2D eigenvalue weighted by molar-refractivity contribution is 5.99. The lowest BCUT2D eigenvalue weighted by molar-refractivity contribution is 0.762. The van der Waals surface area contributed by atoms with Crippen molar-refractivity contribution in [3.8, 4) is 23.4 Å². The molecular formula is C56H53N3. The van der Waals surface area contributed by atoms with Gasteiger partial charge in [-0.1, -0.05) is 198 Å². The first-order chi connectivity index (χ1) is 28.7. The molecule has 1 aliphatic rings. The lowest BCUT2D eigenvalue weighted by Gasteiger charge is -2.35. The Hall–Kier alpha value is -7.46. The molecule has 0 saturated heterocycles. The van der Waals surface area contributed by atoms with Gasteiger partial charge in [-0.25, -0.2) is 0 Å². The normalized spacial score (nSPS) is 12.5. The molecule has 0 atom stereocenters. The standard InChI is InChI=1S/C53H45N.C2H6.CH2N2/c1-8-19-38(6)41-28-26-40(27-29-41)20-18-25-48-50(11-4)53(44-21-14-12-15-22-44,45-23-16-13-17-24-45)51-35-49(46(9-2)47(10-3)52(48)51)43-32-30-42(31-33-43)39(7)34-37(5)36-54;1-2;2-1-3/h8-19,21-35H,2-6,20H2,1,7H3;1-2H3;2H2/b19-8-,25-18-,39-34+;;. The van der Waals surface area contributed by atoms with Crippen LogP contribution in [0.1, 0.15) is 77.8 Å². The molecule has 292 valence electrons. The van der Waals surface area contributed by atoms with E-state index in [-0.39, 0.29) is 0 Å². The number of nitrogens with zero attached hydrogens (tertiary/aromatic N) is 2. The Morgan fingerprint density at radius 2 is 1.29 bits per heavy atom. The summed E-state index contributed by atoms with van der Waals surface area (Å²) in [6.45, 7) is 29.2. The number of benzene rings is 5. The van der Waals surface area contributed by atoms with Gasteiger partial charge in [0.2, 0.25) is 0 Å². The SMILES string of the molecule is C=CC1=C(/C=C\Cc2ccc(C(=C)/C=C\C)cc2)c2c(cc(-c3ccc(/C(C)=C/C(=C)C#N)cc3)c(C=C)c2C=C)C1(c1ccccc1)c1ccccc1.CC.N#CN. The molecule has 0 amide bonds. The minimum absolute atomic E-state index is 0.428. The second-order valence-electron chi connectivity index (χ2n) is 13.6. The molecule has 59 heavy (non-hydrogen) atoms. The molecule has 5 aromatic carbocycles. The predicted molar refractivity (Wildman–Crippen MR) is 255 cm³/mol. The summed E-state index contributed by atoms with van der Waals surface area (Å²) in [4.78, 5) is 0. The van der Waals surface area contributed by atoms with Crippen molar-refractivity contribution in [2.24, 2.45) is 5.73 Å². The van der Waals surface area contributed by atoms with Gasteiger partial charge < -0.3 is 5.73 Å². The fourth-order valence-electron chi connectivity index (χ4n) is 7.81. The molecule has 5 aromatic rings. The molecule has 6 rings (SSSR count). The van der Waals surface area contributed by atoms with Crippen LogP contribution in [-0.2, 0) is 11.8 Å². The molecule has 2 N–H and O–H groups in total. The van der Waals surface area contributed by atoms with Crippen molar-refractivity contribution in [2.75, 3.05) is 0 Å². The van der Waals surface area contributed by atoms with E-state index in [1.54, 1.807) is 0 Å². The second-order valence-corrected chi connectivity index (χ2v) is 13.6. The van der Waals surface area contributed by atoms with Crippen molar-refractivity contribution < 1.29 is 0 Å². The molecule has 0 saturated carbocycles. The first-order valence-corrected chi connectivity index (χ1v) is 19.7. The van der Waals surface area contributed by atoms with Crippen LogP contribution >= 0.6 is 0 Å². The monoisotopic (exact) mass is 767 g/mol. The third-order valence-electron chi connectivity index (χ3n) is 10.3. The van der Waals surface area contributed by atoms with Crippen LogP contribution in [-0.4, -0.2) is 0 Å². The summed E-state index contributed by atoms with van der Waals surface area (Å²) in [5.41, 5.74) is 20.3. The fraction of sp³-hybridized carbons (Fsp3) is 0.107. The van der Waals surface area contributed by atoms with Crippen molar-refractivity contribution in [1.82, 2.24) is 0 Å². The van der Waals surface area contributed by atoms with E-state index >= 15 is 0 Å². The van der Waals surface area contributed by atoms with Crippen LogP contribution in [0.4, 0.5) is 0 Å². The molecule has 0 aliphatic heterocycles. The van der Waals surface area contributed by atoms with Gasteiger partial charge in [0.15, 0.2) is 6.19 Å². The van der Waals surface area contributed by atoms with Gasteiger partial charge in [-0.2, -0.15) is 10.5 Å². The average molecular weight is 768 g/mol. The summed E-state index contributed by atoms with van der Waals surface area (Å²) in [6.07, 6.45) is 18.4. The number of nitriles is 2. The molecule has 0 fully saturated rings. The van der Waals surface area contributed by atoms with Crippen LogP contribution in [0.5, 0.6) is 0 Å². The number of nitrogens with two attached hydrogens (primary N) is 1. The molecule has 0 radical (unpaired) electrons. The molecule has 3 nitrogen and oxygen atoms in total. The van der Waals surface area contributed by atoms with Crippen molar-refractivity contribution in [3.05, 3.63) is 246 Å². The van der Waals surface area contributed by atoms with Crippen LogP contribution in [0.15, 0.2) is 196 Å². The van der Waals surface area contributed by atoms with Gasteiger partial charge in [-0.05, 0) is 116 Å². The highest BCUT2D eigenvalue weighted by atomic mass is 14.5. The number of rotatable bonds is 13. The van der Waals surface area contributed by atoms with Crippen LogP contribution in [0.2, 0.25) is 0 Å². The first kappa shape index (κ1) is 44.3. The van der Waals surface area contributed by atoms with Gasteiger partial charge in [0, 0.05) is 5.57 Å². The molecule has 1 aliphatic carbocycles. The zero-order chi connectivity index (χ0) is 43.0. The molecule has 0 unspecified atom stereocenters. The van der Waals surface area contributed by atoms with E-state index in [1.165, 1.54) is 17.3 Å². The van der Waals surface area contributed by atoms with Gasteiger partial charge in [-0.15, -0.1) is 0 Å². The number of allylic oxidation sites excluding steroid dienone is 11. The third kappa shape index (κ3) is 9.24. The summed E-state index contributed by atoms with van der Waals surface area (Å²) in [6, 6.07) is 43.1. The zero-order valence-electron chi connectivity index (χ0n) is 34.8. The topological polar surface area (TPSA) is 73.6 Å². The summed E-state index contributed by atoms with van der Waals surface area (Å²) in [7, 11) is 0. The fourth-order valence-corrected chi connectivity index (χ4v) is 7.81. The van der Waals surface area contributed by atoms with Gasteiger partial charge in [0.25, 0.3) is 0 Å². The van der Waals surface area contributed by atoms with Gasteiger partial charge >= 0.3 is 0 Å². The molecule has 0 bridgehead atoms. The van der Waals surface area contributed by atoms with Crippen LogP contribution in [0.3, 0.4) is 0 Å². The lowest BCUT2D eigenvalue weighted by atomic mass is 9.66. The maximum absolute atomic E-state index is 9.28. The molecule has 0 spiro atoms. The number of hydrogen-bond donors (Lipinski definition) is 1. The Kier molecular flexibility index (Phi) is 15.9. The third-order valence-corrected chi connectivity index (χ3v) is 10.3. The minimum atomic E-state index is -0.656. The maximum Gasteiger partial charge on any atom is 0.173 e. The van der Waals surface area contributed by atoms with E-state index in [1.807, 2.05) is 64.2 Å². The van der Waals surface area contributed by atoms with Crippen LogP contribution in [0.25, 0.3) is 40.0 Å². The smallest absolute Gasteiger partial charge is 0.173 e. The van der Waals surface area contributed by atoms with Crippen LogP contribution in [0, 0.1) is 22.8 Å². The molecular weight excluding hydrogens is 715 g/mol. The molecule has 0 aromatic heterocycles. The minimum Gasteiger partial charge on any atom is -0.337 e. The van der Waals surface area contributed by atoms with Crippen LogP contribution < -0.4 is 5.73 Å².